The Morgan fingerprint density at radius 2 is 1.92 bits per heavy atom. The molecule has 3 aromatic rings. The van der Waals surface area contributed by atoms with E-state index in [-0.39, 0.29) is 11.7 Å². The van der Waals surface area contributed by atoms with Gasteiger partial charge in [-0.15, -0.1) is 0 Å². The number of hydrogen-bond acceptors (Lipinski definition) is 4. The van der Waals surface area contributed by atoms with Crippen molar-refractivity contribution in [2.75, 3.05) is 12.8 Å². The van der Waals surface area contributed by atoms with Crippen LogP contribution in [0.4, 0.5) is 10.5 Å². The van der Waals surface area contributed by atoms with E-state index in [1.807, 2.05) is 30.3 Å². The normalized spacial score (nSPS) is 10.7. The van der Waals surface area contributed by atoms with Gasteiger partial charge < -0.3 is 16.4 Å². The molecule has 2 heterocycles. The summed E-state index contributed by atoms with van der Waals surface area (Å²) in [5.41, 5.74) is 13.0. The Hall–Kier alpha value is -3.35. The van der Waals surface area contributed by atoms with Crippen molar-refractivity contribution in [3.8, 4) is 0 Å². The van der Waals surface area contributed by atoms with Gasteiger partial charge in [0.2, 0.25) is 0 Å². The average Bonchev–Trinajstić information content (AvgIpc) is 2.93. The van der Waals surface area contributed by atoms with E-state index in [0.717, 1.165) is 5.56 Å². The summed E-state index contributed by atoms with van der Waals surface area (Å²) in [6.07, 6.45) is 1.44. The number of nitrogens with zero attached hydrogens (tertiary/aromatic N) is 3. The fourth-order valence-electron chi connectivity index (χ4n) is 2.58. The van der Waals surface area contributed by atoms with Crippen molar-refractivity contribution >= 4 is 28.7 Å². The second-order valence-electron chi connectivity index (χ2n) is 5.53. The molecule has 7 heteroatoms. The van der Waals surface area contributed by atoms with Crippen LogP contribution in [0.25, 0.3) is 11.0 Å². The van der Waals surface area contributed by atoms with Crippen LogP contribution in [0.15, 0.2) is 48.7 Å². The molecule has 7 nitrogen and oxygen atoms in total. The lowest BCUT2D eigenvalue weighted by molar-refractivity contribution is 0.0991. The van der Waals surface area contributed by atoms with E-state index in [0.29, 0.717) is 23.3 Å². The minimum Gasteiger partial charge on any atom is -0.397 e. The first-order valence-corrected chi connectivity index (χ1v) is 7.33. The fourth-order valence-corrected chi connectivity index (χ4v) is 2.58. The molecule has 0 aliphatic heterocycles. The van der Waals surface area contributed by atoms with E-state index >= 15 is 0 Å². The molecular formula is C17H17N5O2. The monoisotopic (exact) mass is 323 g/mol. The number of carbonyl (C=O) groups is 2. The van der Waals surface area contributed by atoms with Crippen LogP contribution >= 0.6 is 0 Å². The number of pyridine rings is 1. The van der Waals surface area contributed by atoms with Crippen molar-refractivity contribution in [2.24, 2.45) is 5.73 Å². The van der Waals surface area contributed by atoms with Crippen LogP contribution in [-0.2, 0) is 6.54 Å². The Bertz CT molecular complexity index is 917. The number of amides is 2. The average molecular weight is 323 g/mol. The number of hydrogen-bond donors (Lipinski definition) is 2. The molecule has 122 valence electrons. The Kier molecular flexibility index (Phi) is 3.91. The molecule has 0 bridgehead atoms. The highest BCUT2D eigenvalue weighted by molar-refractivity contribution is 6.03. The summed E-state index contributed by atoms with van der Waals surface area (Å²) < 4.78 is 1.22. The van der Waals surface area contributed by atoms with E-state index in [2.05, 4.69) is 4.98 Å². The molecule has 0 spiro atoms. The van der Waals surface area contributed by atoms with E-state index < -0.39 is 5.91 Å². The number of nitrogen functional groups attached to an aromatic ring is 1. The number of primary amides is 1. The summed E-state index contributed by atoms with van der Waals surface area (Å²) in [5.74, 6) is -0.701. The molecule has 24 heavy (non-hydrogen) atoms. The van der Waals surface area contributed by atoms with E-state index in [4.69, 9.17) is 11.5 Å². The summed E-state index contributed by atoms with van der Waals surface area (Å²) in [7, 11) is 1.66. The van der Waals surface area contributed by atoms with Crippen molar-refractivity contribution in [1.29, 1.82) is 0 Å². The van der Waals surface area contributed by atoms with Gasteiger partial charge in [0.15, 0.2) is 0 Å². The molecule has 0 radical (unpaired) electrons. The highest BCUT2D eigenvalue weighted by Crippen LogP contribution is 2.21. The van der Waals surface area contributed by atoms with Crippen molar-refractivity contribution < 1.29 is 9.59 Å². The number of nitrogens with two attached hydrogens (primary N) is 2. The van der Waals surface area contributed by atoms with Crippen LogP contribution in [0.1, 0.15) is 16.1 Å². The lowest BCUT2D eigenvalue weighted by atomic mass is 10.2. The SMILES string of the molecule is CN(Cc1ccccc1)C(=O)n1c(C(N)=O)cc2cc(N)cnc21. The number of fused-ring (bicyclic) bond motifs is 1. The van der Waals surface area contributed by atoms with Gasteiger partial charge in [-0.3, -0.25) is 4.79 Å². The van der Waals surface area contributed by atoms with Crippen LogP contribution in [0.3, 0.4) is 0 Å². The van der Waals surface area contributed by atoms with Gasteiger partial charge in [0.1, 0.15) is 11.3 Å². The number of aromatic nitrogens is 2. The highest BCUT2D eigenvalue weighted by Gasteiger charge is 2.22. The number of rotatable bonds is 3. The molecule has 0 saturated heterocycles. The van der Waals surface area contributed by atoms with Gasteiger partial charge in [0.05, 0.1) is 11.9 Å². The minimum atomic E-state index is -0.701. The minimum absolute atomic E-state index is 0.0769. The van der Waals surface area contributed by atoms with Gasteiger partial charge in [0, 0.05) is 19.0 Å². The van der Waals surface area contributed by atoms with E-state index in [9.17, 15) is 9.59 Å². The Labute approximate surface area is 138 Å². The number of carbonyl (C=O) groups excluding carboxylic acids is 2. The van der Waals surface area contributed by atoms with Crippen LogP contribution in [0.5, 0.6) is 0 Å². The third-order valence-corrected chi connectivity index (χ3v) is 3.69. The lowest BCUT2D eigenvalue weighted by Gasteiger charge is -2.19. The highest BCUT2D eigenvalue weighted by atomic mass is 16.2. The molecule has 0 saturated carbocycles. The van der Waals surface area contributed by atoms with Crippen molar-refractivity contribution in [3.63, 3.8) is 0 Å². The predicted octanol–water partition coefficient (Wildman–Crippen LogP) is 1.82. The van der Waals surface area contributed by atoms with Gasteiger partial charge in [-0.2, -0.15) is 0 Å². The zero-order valence-corrected chi connectivity index (χ0v) is 13.1. The Balaban J connectivity index is 2.02. The maximum Gasteiger partial charge on any atom is 0.330 e. The van der Waals surface area contributed by atoms with Gasteiger partial charge in [-0.05, 0) is 17.7 Å². The zero-order valence-electron chi connectivity index (χ0n) is 13.1. The first kappa shape index (κ1) is 15.5. The summed E-state index contributed by atoms with van der Waals surface area (Å²) in [5, 5.41) is 0.588. The quantitative estimate of drug-likeness (QED) is 0.766. The summed E-state index contributed by atoms with van der Waals surface area (Å²) >= 11 is 0. The molecular weight excluding hydrogens is 306 g/mol. The van der Waals surface area contributed by atoms with E-state index in [1.54, 1.807) is 13.1 Å². The maximum absolute atomic E-state index is 12.8. The van der Waals surface area contributed by atoms with Crippen molar-refractivity contribution in [2.45, 2.75) is 6.54 Å². The van der Waals surface area contributed by atoms with Gasteiger partial charge in [-0.25, -0.2) is 14.3 Å². The number of benzene rings is 1. The van der Waals surface area contributed by atoms with Crippen LogP contribution in [0, 0.1) is 0 Å². The van der Waals surface area contributed by atoms with Crippen molar-refractivity contribution in [1.82, 2.24) is 14.5 Å². The lowest BCUT2D eigenvalue weighted by Crippen LogP contribution is -2.33. The van der Waals surface area contributed by atoms with Crippen LogP contribution in [-0.4, -0.2) is 33.4 Å². The first-order valence-electron chi connectivity index (χ1n) is 7.33. The topological polar surface area (TPSA) is 107 Å². The third kappa shape index (κ3) is 2.79. The third-order valence-electron chi connectivity index (χ3n) is 3.69. The predicted molar refractivity (Wildman–Crippen MR) is 91.4 cm³/mol. The fraction of sp³-hybridized carbons (Fsp3) is 0.118. The van der Waals surface area contributed by atoms with Gasteiger partial charge in [-0.1, -0.05) is 30.3 Å². The molecule has 0 aliphatic carbocycles. The van der Waals surface area contributed by atoms with Crippen LogP contribution in [0.2, 0.25) is 0 Å². The Morgan fingerprint density at radius 1 is 1.21 bits per heavy atom. The smallest absolute Gasteiger partial charge is 0.330 e. The van der Waals surface area contributed by atoms with Crippen LogP contribution < -0.4 is 11.5 Å². The summed E-state index contributed by atoms with van der Waals surface area (Å²) in [6, 6.07) is 12.3. The number of anilines is 1. The molecule has 0 atom stereocenters. The molecule has 2 amide bonds. The summed E-state index contributed by atoms with van der Waals surface area (Å²) in [4.78, 5) is 30.3. The van der Waals surface area contributed by atoms with Crippen molar-refractivity contribution in [3.05, 3.63) is 59.9 Å². The molecule has 2 aromatic heterocycles. The molecule has 0 aliphatic rings. The molecule has 4 N–H and O–H groups in total. The maximum atomic E-state index is 12.8. The second-order valence-corrected chi connectivity index (χ2v) is 5.53. The Morgan fingerprint density at radius 3 is 2.58 bits per heavy atom. The van der Waals surface area contributed by atoms with Gasteiger partial charge >= 0.3 is 6.03 Å². The molecule has 0 unspecified atom stereocenters. The zero-order chi connectivity index (χ0) is 17.3. The molecule has 0 fully saturated rings. The largest absolute Gasteiger partial charge is 0.397 e. The molecule has 3 rings (SSSR count). The molecule has 1 aromatic carbocycles. The standard InChI is InChI=1S/C17H17N5O2/c1-21(10-11-5-3-2-4-6-11)17(24)22-14(15(19)23)8-12-7-13(18)9-20-16(12)22/h2-9H,10,18H2,1H3,(H2,19,23). The summed E-state index contributed by atoms with van der Waals surface area (Å²) in [6.45, 7) is 0.395. The first-order chi connectivity index (χ1) is 11.5. The second kappa shape index (κ2) is 6.04. The van der Waals surface area contributed by atoms with Gasteiger partial charge in [0.25, 0.3) is 5.91 Å². The van der Waals surface area contributed by atoms with E-state index in [1.165, 1.54) is 21.7 Å².